The minimum absolute atomic E-state index is 0.452. The number of imidazole rings is 1. The molecule has 1 fully saturated rings. The summed E-state index contributed by atoms with van der Waals surface area (Å²) in [7, 11) is 0. The van der Waals surface area contributed by atoms with Crippen LogP contribution in [0.1, 0.15) is 55.9 Å². The fourth-order valence-electron chi connectivity index (χ4n) is 3.28. The van der Waals surface area contributed by atoms with Crippen LogP contribution >= 0.6 is 0 Å². The Bertz CT molecular complexity index is 646. The summed E-state index contributed by atoms with van der Waals surface area (Å²) in [6.07, 6.45) is 8.22. The van der Waals surface area contributed by atoms with E-state index < -0.39 is 0 Å². The molecular weight excluding hydrogens is 274 g/mol. The predicted molar refractivity (Wildman–Crippen MR) is 88.3 cm³/mol. The van der Waals surface area contributed by atoms with Crippen LogP contribution in [0.25, 0.3) is 0 Å². The summed E-state index contributed by atoms with van der Waals surface area (Å²) in [6, 6.07) is 0.452. The van der Waals surface area contributed by atoms with Crippen LogP contribution in [0.2, 0.25) is 0 Å². The molecule has 1 aliphatic rings. The first-order valence-electron chi connectivity index (χ1n) is 8.14. The van der Waals surface area contributed by atoms with E-state index in [-0.39, 0.29) is 0 Å². The minimum atomic E-state index is 0.452. The second kappa shape index (κ2) is 6.07. The van der Waals surface area contributed by atoms with Gasteiger partial charge in [0.2, 0.25) is 0 Å². The van der Waals surface area contributed by atoms with Gasteiger partial charge in [0.15, 0.2) is 0 Å². The van der Waals surface area contributed by atoms with Crippen molar-refractivity contribution in [3.05, 3.63) is 35.8 Å². The largest absolute Gasteiger partial charge is 0.354 e. The fraction of sp³-hybridized carbons (Fsp3) is 0.588. The molecule has 22 heavy (non-hydrogen) atoms. The molecule has 118 valence electrons. The first-order chi connectivity index (χ1) is 10.6. The van der Waals surface area contributed by atoms with Crippen molar-refractivity contribution in [1.29, 1.82) is 0 Å². The first kappa shape index (κ1) is 15.0. The van der Waals surface area contributed by atoms with Gasteiger partial charge in [-0.3, -0.25) is 4.98 Å². The molecule has 0 amide bonds. The van der Waals surface area contributed by atoms with Gasteiger partial charge in [-0.25, -0.2) is 9.97 Å². The Labute approximate surface area is 132 Å². The number of piperidine rings is 1. The van der Waals surface area contributed by atoms with Crippen LogP contribution in [0, 0.1) is 13.8 Å². The summed E-state index contributed by atoms with van der Waals surface area (Å²) in [4.78, 5) is 16.2. The first-order valence-corrected chi connectivity index (χ1v) is 8.14. The van der Waals surface area contributed by atoms with Gasteiger partial charge in [0.1, 0.15) is 11.6 Å². The van der Waals surface area contributed by atoms with E-state index in [1.807, 2.05) is 26.2 Å². The second-order valence-corrected chi connectivity index (χ2v) is 6.49. The molecule has 1 atom stereocenters. The number of nitrogens with zero attached hydrogens (tertiary/aromatic N) is 5. The molecule has 3 heterocycles. The molecule has 1 aliphatic heterocycles. The fourth-order valence-corrected chi connectivity index (χ4v) is 3.28. The topological polar surface area (TPSA) is 46.8 Å². The molecule has 5 heteroatoms. The van der Waals surface area contributed by atoms with Crippen molar-refractivity contribution in [1.82, 2.24) is 19.5 Å². The van der Waals surface area contributed by atoms with E-state index in [0.29, 0.717) is 12.0 Å². The van der Waals surface area contributed by atoms with Crippen molar-refractivity contribution in [2.45, 2.75) is 52.5 Å². The van der Waals surface area contributed by atoms with Gasteiger partial charge in [-0.1, -0.05) is 0 Å². The zero-order valence-electron chi connectivity index (χ0n) is 14.0. The van der Waals surface area contributed by atoms with Gasteiger partial charge in [0, 0.05) is 43.6 Å². The van der Waals surface area contributed by atoms with Gasteiger partial charge in [0.05, 0.1) is 11.4 Å². The van der Waals surface area contributed by atoms with Crippen LogP contribution in [0.3, 0.4) is 0 Å². The number of aryl methyl sites for hydroxylation is 2. The second-order valence-electron chi connectivity index (χ2n) is 6.49. The average Bonchev–Trinajstić information content (AvgIpc) is 2.99. The molecule has 0 radical (unpaired) electrons. The highest BCUT2D eigenvalue weighted by Gasteiger charge is 2.27. The monoisotopic (exact) mass is 299 g/mol. The van der Waals surface area contributed by atoms with Gasteiger partial charge in [-0.2, -0.15) is 0 Å². The van der Waals surface area contributed by atoms with E-state index >= 15 is 0 Å². The number of aromatic nitrogens is 4. The van der Waals surface area contributed by atoms with E-state index in [2.05, 4.69) is 39.5 Å². The number of hydrogen-bond acceptors (Lipinski definition) is 4. The molecule has 0 aromatic carbocycles. The highest BCUT2D eigenvalue weighted by molar-refractivity contribution is 5.44. The lowest BCUT2D eigenvalue weighted by Crippen LogP contribution is -2.36. The SMILES string of the molecule is Cc1cnc(C)c(N2CCC[C@@H](c3nccn3C(C)C)C2)n1. The maximum absolute atomic E-state index is 4.71. The van der Waals surface area contributed by atoms with Crippen molar-refractivity contribution < 1.29 is 0 Å². The standard InChI is InChI=1S/C17H25N5/c1-12(2)22-9-7-18-17(22)15-6-5-8-21(11-15)16-14(4)19-10-13(3)20-16/h7,9-10,12,15H,5-6,8,11H2,1-4H3/t15-/m1/s1. The quantitative estimate of drug-likeness (QED) is 0.873. The smallest absolute Gasteiger partial charge is 0.150 e. The Morgan fingerprint density at radius 2 is 2.05 bits per heavy atom. The maximum atomic E-state index is 4.71. The Kier molecular flexibility index (Phi) is 4.14. The summed E-state index contributed by atoms with van der Waals surface area (Å²) in [5.41, 5.74) is 1.99. The van der Waals surface area contributed by atoms with Gasteiger partial charge in [-0.15, -0.1) is 0 Å². The van der Waals surface area contributed by atoms with E-state index in [9.17, 15) is 0 Å². The van der Waals surface area contributed by atoms with Crippen molar-refractivity contribution in [2.24, 2.45) is 0 Å². The summed E-state index contributed by atoms with van der Waals surface area (Å²) in [6.45, 7) is 10.5. The Hall–Kier alpha value is -1.91. The zero-order valence-corrected chi connectivity index (χ0v) is 14.0. The van der Waals surface area contributed by atoms with Gasteiger partial charge >= 0.3 is 0 Å². The van der Waals surface area contributed by atoms with E-state index in [4.69, 9.17) is 4.98 Å². The van der Waals surface area contributed by atoms with E-state index in [1.54, 1.807) is 0 Å². The molecule has 0 saturated carbocycles. The predicted octanol–water partition coefficient (Wildman–Crippen LogP) is 3.25. The Morgan fingerprint density at radius 3 is 2.82 bits per heavy atom. The van der Waals surface area contributed by atoms with Crippen LogP contribution in [-0.2, 0) is 0 Å². The van der Waals surface area contributed by atoms with E-state index in [1.165, 1.54) is 18.7 Å². The van der Waals surface area contributed by atoms with Crippen molar-refractivity contribution in [2.75, 3.05) is 18.0 Å². The molecule has 0 aliphatic carbocycles. The lowest BCUT2D eigenvalue weighted by atomic mass is 9.96. The van der Waals surface area contributed by atoms with Crippen molar-refractivity contribution in [3.63, 3.8) is 0 Å². The maximum Gasteiger partial charge on any atom is 0.150 e. The Morgan fingerprint density at radius 1 is 1.23 bits per heavy atom. The highest BCUT2D eigenvalue weighted by atomic mass is 15.2. The normalized spacial score (nSPS) is 19.0. The summed E-state index contributed by atoms with van der Waals surface area (Å²) >= 11 is 0. The Balaban J connectivity index is 1.85. The molecule has 5 nitrogen and oxygen atoms in total. The van der Waals surface area contributed by atoms with Gasteiger partial charge < -0.3 is 9.47 Å². The molecular formula is C17H25N5. The molecule has 0 bridgehead atoms. The molecule has 1 saturated heterocycles. The lowest BCUT2D eigenvalue weighted by molar-refractivity contribution is 0.452. The minimum Gasteiger partial charge on any atom is -0.354 e. The summed E-state index contributed by atoms with van der Waals surface area (Å²) < 4.78 is 2.29. The van der Waals surface area contributed by atoms with Crippen LogP contribution in [0.4, 0.5) is 5.82 Å². The number of hydrogen-bond donors (Lipinski definition) is 0. The summed E-state index contributed by atoms with van der Waals surface area (Å²) in [5, 5.41) is 0. The van der Waals surface area contributed by atoms with E-state index in [0.717, 1.165) is 30.3 Å². The van der Waals surface area contributed by atoms with Gasteiger partial charge in [0.25, 0.3) is 0 Å². The average molecular weight is 299 g/mol. The molecule has 2 aromatic heterocycles. The molecule has 0 spiro atoms. The third-order valence-electron chi connectivity index (χ3n) is 4.39. The molecule has 3 rings (SSSR count). The van der Waals surface area contributed by atoms with Crippen molar-refractivity contribution in [3.8, 4) is 0 Å². The zero-order chi connectivity index (χ0) is 15.7. The molecule has 2 aromatic rings. The van der Waals surface area contributed by atoms with Crippen molar-refractivity contribution >= 4 is 5.82 Å². The van der Waals surface area contributed by atoms with Gasteiger partial charge in [-0.05, 0) is 40.5 Å². The van der Waals surface area contributed by atoms with Crippen LogP contribution in [0.15, 0.2) is 18.6 Å². The third-order valence-corrected chi connectivity index (χ3v) is 4.39. The third kappa shape index (κ3) is 2.85. The lowest BCUT2D eigenvalue weighted by Gasteiger charge is -2.34. The highest BCUT2D eigenvalue weighted by Crippen LogP contribution is 2.30. The molecule has 0 N–H and O–H groups in total. The molecule has 0 unspecified atom stereocenters. The summed E-state index contributed by atoms with van der Waals surface area (Å²) in [5.74, 6) is 2.71. The van der Waals surface area contributed by atoms with Crippen LogP contribution in [0.5, 0.6) is 0 Å². The number of anilines is 1. The van der Waals surface area contributed by atoms with Crippen LogP contribution < -0.4 is 4.90 Å². The number of rotatable bonds is 3. The van der Waals surface area contributed by atoms with Crippen LogP contribution in [-0.4, -0.2) is 32.6 Å².